The van der Waals surface area contributed by atoms with Crippen molar-refractivity contribution < 1.29 is 4.74 Å². The minimum atomic E-state index is 0.441. The average molecular weight is 294 g/mol. The molecule has 0 radical (unpaired) electrons. The molecule has 2 rings (SSSR count). The van der Waals surface area contributed by atoms with E-state index < -0.39 is 0 Å². The van der Waals surface area contributed by atoms with Gasteiger partial charge in [-0.05, 0) is 21.5 Å². The molecular formula is C12H12BrN3O. The van der Waals surface area contributed by atoms with E-state index in [0.717, 1.165) is 11.1 Å². The normalized spacial score (nSPS) is 10.5. The fourth-order valence-electron chi connectivity index (χ4n) is 1.44. The van der Waals surface area contributed by atoms with Crippen molar-refractivity contribution in [3.05, 3.63) is 40.5 Å². The summed E-state index contributed by atoms with van der Waals surface area (Å²) in [6.45, 7) is 0.601. The lowest BCUT2D eigenvalue weighted by atomic mass is 10.1. The number of nitrogens with zero attached hydrogens (tertiary/aromatic N) is 2. The smallest absolute Gasteiger partial charge is 0.161 e. The molecule has 0 atom stereocenters. The maximum Gasteiger partial charge on any atom is 0.161 e. The fourth-order valence-corrected chi connectivity index (χ4v) is 1.63. The standard InChI is InChI=1S/C12H12BrN3O/c1-17-7-8-2-4-9(5-3-8)12-15-6-10(13)11(14)16-12/h2-6H,7H2,1H3,(H2,14,15,16). The number of nitrogens with two attached hydrogens (primary N) is 1. The average Bonchev–Trinajstić information content (AvgIpc) is 2.34. The largest absolute Gasteiger partial charge is 0.383 e. The van der Waals surface area contributed by atoms with Gasteiger partial charge in [-0.1, -0.05) is 24.3 Å². The van der Waals surface area contributed by atoms with Crippen molar-refractivity contribution >= 4 is 21.7 Å². The summed E-state index contributed by atoms with van der Waals surface area (Å²) in [6.07, 6.45) is 1.65. The van der Waals surface area contributed by atoms with Crippen LogP contribution in [0.5, 0.6) is 0 Å². The van der Waals surface area contributed by atoms with Gasteiger partial charge >= 0.3 is 0 Å². The maximum absolute atomic E-state index is 5.72. The number of anilines is 1. The minimum absolute atomic E-state index is 0.441. The predicted octanol–water partition coefficient (Wildman–Crippen LogP) is 2.63. The molecule has 2 aromatic rings. The lowest BCUT2D eigenvalue weighted by molar-refractivity contribution is 0.185. The van der Waals surface area contributed by atoms with E-state index in [1.807, 2.05) is 24.3 Å². The van der Waals surface area contributed by atoms with Crippen LogP contribution < -0.4 is 5.73 Å². The highest BCUT2D eigenvalue weighted by molar-refractivity contribution is 9.10. The molecule has 88 valence electrons. The minimum Gasteiger partial charge on any atom is -0.383 e. The maximum atomic E-state index is 5.72. The van der Waals surface area contributed by atoms with Crippen LogP contribution >= 0.6 is 15.9 Å². The summed E-state index contributed by atoms with van der Waals surface area (Å²) in [7, 11) is 1.67. The SMILES string of the molecule is COCc1ccc(-c2ncc(Br)c(N)n2)cc1. The zero-order chi connectivity index (χ0) is 12.3. The van der Waals surface area contributed by atoms with E-state index in [-0.39, 0.29) is 0 Å². The van der Waals surface area contributed by atoms with Gasteiger partial charge in [0.2, 0.25) is 0 Å². The molecule has 17 heavy (non-hydrogen) atoms. The van der Waals surface area contributed by atoms with Crippen LogP contribution in [0.3, 0.4) is 0 Å². The number of aromatic nitrogens is 2. The lowest BCUT2D eigenvalue weighted by Gasteiger charge is -2.04. The molecule has 0 aliphatic heterocycles. The van der Waals surface area contributed by atoms with Gasteiger partial charge in [0.05, 0.1) is 11.1 Å². The zero-order valence-corrected chi connectivity index (χ0v) is 10.9. The molecule has 0 saturated carbocycles. The molecular weight excluding hydrogens is 282 g/mol. The number of halogens is 1. The van der Waals surface area contributed by atoms with Crippen molar-refractivity contribution in [2.75, 3.05) is 12.8 Å². The number of benzene rings is 1. The fraction of sp³-hybridized carbons (Fsp3) is 0.167. The van der Waals surface area contributed by atoms with Crippen molar-refractivity contribution in [2.45, 2.75) is 6.61 Å². The molecule has 1 heterocycles. The third-order valence-corrected chi connectivity index (χ3v) is 2.91. The Morgan fingerprint density at radius 2 is 2.00 bits per heavy atom. The van der Waals surface area contributed by atoms with Crippen LogP contribution in [-0.4, -0.2) is 17.1 Å². The molecule has 2 N–H and O–H groups in total. The molecule has 1 aromatic carbocycles. The molecule has 0 bridgehead atoms. The number of rotatable bonds is 3. The molecule has 0 saturated heterocycles. The second-order valence-electron chi connectivity index (χ2n) is 3.56. The molecule has 0 aliphatic rings. The lowest BCUT2D eigenvalue weighted by Crippen LogP contribution is -1.96. The quantitative estimate of drug-likeness (QED) is 0.945. The number of hydrogen-bond donors (Lipinski definition) is 1. The second-order valence-corrected chi connectivity index (χ2v) is 4.41. The van der Waals surface area contributed by atoms with E-state index in [9.17, 15) is 0 Å². The number of methoxy groups -OCH3 is 1. The Balaban J connectivity index is 2.30. The highest BCUT2D eigenvalue weighted by atomic mass is 79.9. The van der Waals surface area contributed by atoms with Gasteiger partial charge in [-0.25, -0.2) is 9.97 Å². The summed E-state index contributed by atoms with van der Waals surface area (Å²) in [6, 6.07) is 7.88. The van der Waals surface area contributed by atoms with Crippen LogP contribution in [0.2, 0.25) is 0 Å². The summed E-state index contributed by atoms with van der Waals surface area (Å²) < 4.78 is 5.76. The third kappa shape index (κ3) is 2.81. The molecule has 1 aromatic heterocycles. The number of ether oxygens (including phenoxy) is 1. The zero-order valence-electron chi connectivity index (χ0n) is 9.35. The summed E-state index contributed by atoms with van der Waals surface area (Å²) in [5.74, 6) is 1.06. The Morgan fingerprint density at radius 1 is 1.29 bits per heavy atom. The Morgan fingerprint density at radius 3 is 2.59 bits per heavy atom. The summed E-state index contributed by atoms with van der Waals surface area (Å²) in [5, 5.41) is 0. The van der Waals surface area contributed by atoms with E-state index in [2.05, 4.69) is 25.9 Å². The third-order valence-electron chi connectivity index (χ3n) is 2.29. The molecule has 0 unspecified atom stereocenters. The summed E-state index contributed by atoms with van der Waals surface area (Å²) in [5.41, 5.74) is 7.76. The van der Waals surface area contributed by atoms with Crippen molar-refractivity contribution in [3.8, 4) is 11.4 Å². The van der Waals surface area contributed by atoms with E-state index in [1.165, 1.54) is 0 Å². The van der Waals surface area contributed by atoms with Crippen LogP contribution in [0.4, 0.5) is 5.82 Å². The van der Waals surface area contributed by atoms with Crippen LogP contribution in [0, 0.1) is 0 Å². The first-order chi connectivity index (χ1) is 8.20. The van der Waals surface area contributed by atoms with Gasteiger partial charge < -0.3 is 10.5 Å². The topological polar surface area (TPSA) is 61.0 Å². The van der Waals surface area contributed by atoms with Gasteiger partial charge in [0.1, 0.15) is 5.82 Å². The monoisotopic (exact) mass is 293 g/mol. The second kappa shape index (κ2) is 5.25. The Bertz CT molecular complexity index is 514. The summed E-state index contributed by atoms with van der Waals surface area (Å²) >= 11 is 3.27. The van der Waals surface area contributed by atoms with Crippen molar-refractivity contribution in [1.82, 2.24) is 9.97 Å². The van der Waals surface area contributed by atoms with Crippen molar-refractivity contribution in [2.24, 2.45) is 0 Å². The molecule has 5 heteroatoms. The number of nitrogen functional groups attached to an aromatic ring is 1. The van der Waals surface area contributed by atoms with E-state index >= 15 is 0 Å². The van der Waals surface area contributed by atoms with E-state index in [1.54, 1.807) is 13.3 Å². The van der Waals surface area contributed by atoms with Crippen LogP contribution in [0.15, 0.2) is 34.9 Å². The first-order valence-corrected chi connectivity index (χ1v) is 5.86. The molecule has 0 spiro atoms. The molecule has 0 aliphatic carbocycles. The van der Waals surface area contributed by atoms with Crippen LogP contribution in [0.25, 0.3) is 11.4 Å². The predicted molar refractivity (Wildman–Crippen MR) is 70.3 cm³/mol. The van der Waals surface area contributed by atoms with Gasteiger partial charge in [0, 0.05) is 18.9 Å². The highest BCUT2D eigenvalue weighted by Crippen LogP contribution is 2.21. The van der Waals surface area contributed by atoms with Gasteiger partial charge in [0.25, 0.3) is 0 Å². The van der Waals surface area contributed by atoms with Gasteiger partial charge in [-0.2, -0.15) is 0 Å². The Labute approximate surface area is 108 Å². The van der Waals surface area contributed by atoms with Crippen molar-refractivity contribution in [3.63, 3.8) is 0 Å². The Hall–Kier alpha value is -1.46. The van der Waals surface area contributed by atoms with E-state index in [0.29, 0.717) is 22.7 Å². The molecule has 4 nitrogen and oxygen atoms in total. The van der Waals surface area contributed by atoms with Crippen LogP contribution in [-0.2, 0) is 11.3 Å². The summed E-state index contributed by atoms with van der Waals surface area (Å²) in [4.78, 5) is 8.42. The van der Waals surface area contributed by atoms with Gasteiger partial charge in [-0.3, -0.25) is 0 Å². The van der Waals surface area contributed by atoms with Crippen LogP contribution in [0.1, 0.15) is 5.56 Å². The molecule has 0 fully saturated rings. The van der Waals surface area contributed by atoms with E-state index in [4.69, 9.17) is 10.5 Å². The first kappa shape index (κ1) is 12.0. The highest BCUT2D eigenvalue weighted by Gasteiger charge is 2.04. The van der Waals surface area contributed by atoms with Gasteiger partial charge in [-0.15, -0.1) is 0 Å². The van der Waals surface area contributed by atoms with Gasteiger partial charge in [0.15, 0.2) is 5.82 Å². The first-order valence-electron chi connectivity index (χ1n) is 5.07. The Kier molecular flexibility index (Phi) is 3.71. The number of hydrogen-bond acceptors (Lipinski definition) is 4. The van der Waals surface area contributed by atoms with Crippen molar-refractivity contribution in [1.29, 1.82) is 0 Å². The molecule has 0 amide bonds.